The lowest BCUT2D eigenvalue weighted by Crippen LogP contribution is -2.36. The van der Waals surface area contributed by atoms with E-state index in [1.54, 1.807) is 13.1 Å². The van der Waals surface area contributed by atoms with Crippen LogP contribution in [0.3, 0.4) is 0 Å². The van der Waals surface area contributed by atoms with Gasteiger partial charge >= 0.3 is 0 Å². The van der Waals surface area contributed by atoms with Crippen molar-refractivity contribution in [2.24, 2.45) is 4.99 Å². The summed E-state index contributed by atoms with van der Waals surface area (Å²) in [7, 11) is 1.69. The second kappa shape index (κ2) is 7.53. The Hall–Kier alpha value is -2.28. The Balaban J connectivity index is 1.54. The fourth-order valence-electron chi connectivity index (χ4n) is 2.29. The van der Waals surface area contributed by atoms with Crippen LogP contribution in [0, 0.1) is 5.82 Å². The second-order valence-corrected chi connectivity index (χ2v) is 6.07. The van der Waals surface area contributed by atoms with Crippen molar-refractivity contribution in [3.63, 3.8) is 0 Å². The highest BCUT2D eigenvalue weighted by atomic mass is 79.9. The number of aliphatic imine (C=N–C) groups is 1. The van der Waals surface area contributed by atoms with Gasteiger partial charge in [-0.3, -0.25) is 4.99 Å². The summed E-state index contributed by atoms with van der Waals surface area (Å²) in [4.78, 5) is 4.17. The normalized spacial score (nSPS) is 13.0. The third-order valence-electron chi connectivity index (χ3n) is 3.56. The Morgan fingerprint density at radius 1 is 1.08 bits per heavy atom. The van der Waals surface area contributed by atoms with E-state index in [0.29, 0.717) is 23.5 Å². The molecule has 0 saturated carbocycles. The SMILES string of the molecule is CN=C(NCc1ccc(Br)c(F)c1)NCc1ccc2c(c1)OCO2. The summed E-state index contributed by atoms with van der Waals surface area (Å²) >= 11 is 3.14. The third-order valence-corrected chi connectivity index (χ3v) is 4.21. The molecule has 126 valence electrons. The average Bonchev–Trinajstić information content (AvgIpc) is 3.06. The molecule has 0 fully saturated rings. The number of ether oxygens (including phenoxy) is 2. The molecule has 24 heavy (non-hydrogen) atoms. The quantitative estimate of drug-likeness (QED) is 0.618. The number of fused-ring (bicyclic) bond motifs is 1. The van der Waals surface area contributed by atoms with Gasteiger partial charge in [-0.1, -0.05) is 12.1 Å². The molecule has 0 atom stereocenters. The smallest absolute Gasteiger partial charge is 0.231 e. The monoisotopic (exact) mass is 393 g/mol. The molecule has 0 radical (unpaired) electrons. The molecule has 7 heteroatoms. The Morgan fingerprint density at radius 2 is 1.75 bits per heavy atom. The fourth-order valence-corrected chi connectivity index (χ4v) is 2.54. The van der Waals surface area contributed by atoms with Gasteiger partial charge in [-0.15, -0.1) is 0 Å². The molecule has 0 aromatic heterocycles. The molecule has 1 aliphatic heterocycles. The highest BCUT2D eigenvalue weighted by molar-refractivity contribution is 9.10. The zero-order valence-electron chi connectivity index (χ0n) is 13.1. The van der Waals surface area contributed by atoms with E-state index in [4.69, 9.17) is 9.47 Å². The zero-order chi connectivity index (χ0) is 16.9. The highest BCUT2D eigenvalue weighted by Crippen LogP contribution is 2.32. The van der Waals surface area contributed by atoms with Gasteiger partial charge in [0.25, 0.3) is 0 Å². The first-order chi connectivity index (χ1) is 11.7. The highest BCUT2D eigenvalue weighted by Gasteiger charge is 2.13. The molecule has 3 rings (SSSR count). The standard InChI is InChI=1S/C17H17BrFN3O2/c1-20-17(21-8-11-2-4-13(18)14(19)6-11)22-9-12-3-5-15-16(7-12)24-10-23-15/h2-7H,8-10H2,1H3,(H2,20,21,22). The Morgan fingerprint density at radius 3 is 2.46 bits per heavy atom. The number of nitrogens with zero attached hydrogens (tertiary/aromatic N) is 1. The summed E-state index contributed by atoms with van der Waals surface area (Å²) in [6, 6.07) is 10.8. The third kappa shape index (κ3) is 3.97. The predicted octanol–water partition coefficient (Wildman–Crippen LogP) is 3.18. The zero-order valence-corrected chi connectivity index (χ0v) is 14.7. The van der Waals surface area contributed by atoms with Crippen LogP contribution in [0.2, 0.25) is 0 Å². The molecule has 0 bridgehead atoms. The van der Waals surface area contributed by atoms with E-state index in [1.807, 2.05) is 24.3 Å². The van der Waals surface area contributed by atoms with Crippen LogP contribution in [0.1, 0.15) is 11.1 Å². The largest absolute Gasteiger partial charge is 0.454 e. The van der Waals surface area contributed by atoms with E-state index in [2.05, 4.69) is 31.6 Å². The van der Waals surface area contributed by atoms with Crippen LogP contribution >= 0.6 is 15.9 Å². The second-order valence-electron chi connectivity index (χ2n) is 5.22. The van der Waals surface area contributed by atoms with Crippen molar-refractivity contribution < 1.29 is 13.9 Å². The van der Waals surface area contributed by atoms with Gasteiger partial charge in [-0.05, 0) is 51.3 Å². The molecule has 2 N–H and O–H groups in total. The van der Waals surface area contributed by atoms with E-state index in [-0.39, 0.29) is 12.6 Å². The van der Waals surface area contributed by atoms with E-state index < -0.39 is 0 Å². The lowest BCUT2D eigenvalue weighted by Gasteiger charge is -2.12. The van der Waals surface area contributed by atoms with E-state index in [0.717, 1.165) is 22.6 Å². The number of hydrogen-bond donors (Lipinski definition) is 2. The summed E-state index contributed by atoms with van der Waals surface area (Å²) in [5, 5.41) is 6.37. The summed E-state index contributed by atoms with van der Waals surface area (Å²) < 4.78 is 24.6. The van der Waals surface area contributed by atoms with Crippen molar-refractivity contribution in [2.45, 2.75) is 13.1 Å². The Bertz CT molecular complexity index is 767. The van der Waals surface area contributed by atoms with Gasteiger partial charge < -0.3 is 20.1 Å². The first-order valence-electron chi connectivity index (χ1n) is 7.42. The van der Waals surface area contributed by atoms with E-state index >= 15 is 0 Å². The van der Waals surface area contributed by atoms with Crippen LogP contribution in [0.5, 0.6) is 11.5 Å². The summed E-state index contributed by atoms with van der Waals surface area (Å²) in [5.41, 5.74) is 1.89. The molecular weight excluding hydrogens is 377 g/mol. The minimum Gasteiger partial charge on any atom is -0.454 e. The lowest BCUT2D eigenvalue weighted by molar-refractivity contribution is 0.174. The van der Waals surface area contributed by atoms with Gasteiger partial charge in [0.15, 0.2) is 17.5 Å². The first kappa shape index (κ1) is 16.6. The van der Waals surface area contributed by atoms with Crippen LogP contribution in [-0.2, 0) is 13.1 Å². The number of nitrogens with one attached hydrogen (secondary N) is 2. The van der Waals surface area contributed by atoms with Crippen LogP contribution in [-0.4, -0.2) is 19.8 Å². The summed E-state index contributed by atoms with van der Waals surface area (Å²) in [6.07, 6.45) is 0. The van der Waals surface area contributed by atoms with Crippen LogP contribution in [0.4, 0.5) is 4.39 Å². The molecule has 1 aliphatic rings. The van der Waals surface area contributed by atoms with Gasteiger partial charge in [-0.25, -0.2) is 4.39 Å². The van der Waals surface area contributed by atoms with Crippen LogP contribution < -0.4 is 20.1 Å². The topological polar surface area (TPSA) is 54.9 Å². The van der Waals surface area contributed by atoms with E-state index in [9.17, 15) is 4.39 Å². The van der Waals surface area contributed by atoms with Crippen LogP contribution in [0.25, 0.3) is 0 Å². The number of rotatable bonds is 4. The summed E-state index contributed by atoms with van der Waals surface area (Å²) in [6.45, 7) is 1.33. The molecule has 2 aromatic carbocycles. The van der Waals surface area contributed by atoms with Crippen molar-refractivity contribution in [3.05, 3.63) is 57.8 Å². The average molecular weight is 394 g/mol. The molecule has 0 aliphatic carbocycles. The number of benzene rings is 2. The Labute approximate surface area is 148 Å². The number of guanidine groups is 1. The maximum absolute atomic E-state index is 13.5. The Kier molecular flexibility index (Phi) is 5.20. The van der Waals surface area contributed by atoms with Gasteiger partial charge in [-0.2, -0.15) is 0 Å². The van der Waals surface area contributed by atoms with Crippen molar-refractivity contribution in [1.82, 2.24) is 10.6 Å². The minimum absolute atomic E-state index is 0.263. The van der Waals surface area contributed by atoms with Crippen LogP contribution in [0.15, 0.2) is 45.9 Å². The van der Waals surface area contributed by atoms with Gasteiger partial charge in [0.2, 0.25) is 6.79 Å². The molecule has 0 spiro atoms. The van der Waals surface area contributed by atoms with Gasteiger partial charge in [0.05, 0.1) is 4.47 Å². The maximum atomic E-state index is 13.5. The minimum atomic E-state index is -0.280. The number of hydrogen-bond acceptors (Lipinski definition) is 3. The summed E-state index contributed by atoms with van der Waals surface area (Å²) in [5.74, 6) is 1.87. The molecular formula is C17H17BrFN3O2. The van der Waals surface area contributed by atoms with Gasteiger partial charge in [0.1, 0.15) is 5.82 Å². The predicted molar refractivity (Wildman–Crippen MR) is 93.7 cm³/mol. The number of halogens is 2. The van der Waals surface area contributed by atoms with Gasteiger partial charge in [0, 0.05) is 20.1 Å². The molecule has 0 unspecified atom stereocenters. The van der Waals surface area contributed by atoms with E-state index in [1.165, 1.54) is 6.07 Å². The molecule has 0 amide bonds. The molecule has 1 heterocycles. The first-order valence-corrected chi connectivity index (χ1v) is 8.22. The van der Waals surface area contributed by atoms with Crippen molar-refractivity contribution >= 4 is 21.9 Å². The van der Waals surface area contributed by atoms with Crippen molar-refractivity contribution in [3.8, 4) is 11.5 Å². The lowest BCUT2D eigenvalue weighted by atomic mass is 10.2. The van der Waals surface area contributed by atoms with Crippen molar-refractivity contribution in [1.29, 1.82) is 0 Å². The maximum Gasteiger partial charge on any atom is 0.231 e. The molecule has 5 nitrogen and oxygen atoms in total. The fraction of sp³-hybridized carbons (Fsp3) is 0.235. The molecule has 2 aromatic rings. The molecule has 0 saturated heterocycles. The van der Waals surface area contributed by atoms with Crippen molar-refractivity contribution in [2.75, 3.05) is 13.8 Å².